The van der Waals surface area contributed by atoms with Gasteiger partial charge in [0.25, 0.3) is 0 Å². The Kier molecular flexibility index (Phi) is 2.82. The molecule has 3 heteroatoms. The largest absolute Gasteiger partial charge is 0.484 e. The van der Waals surface area contributed by atoms with Crippen LogP contribution < -0.4 is 4.74 Å². The van der Waals surface area contributed by atoms with Crippen molar-refractivity contribution < 1.29 is 13.9 Å². The van der Waals surface area contributed by atoms with Crippen LogP contribution in [0, 0.1) is 12.7 Å². The standard InChI is InChI=1S/C16H13FO2/c1-10-6-7-11(17)8-13(10)16-9-14(18)12-4-2-3-5-15(12)19-16/h2-8,16H,9H2,1H3. The van der Waals surface area contributed by atoms with Crippen molar-refractivity contribution in [3.8, 4) is 5.75 Å². The maximum atomic E-state index is 13.4. The number of ketones is 1. The van der Waals surface area contributed by atoms with Gasteiger partial charge in [0.15, 0.2) is 5.78 Å². The van der Waals surface area contributed by atoms with Crippen molar-refractivity contribution >= 4 is 5.78 Å². The molecule has 0 saturated carbocycles. The van der Waals surface area contributed by atoms with Crippen LogP contribution in [0.5, 0.6) is 5.75 Å². The Morgan fingerprint density at radius 2 is 2.00 bits per heavy atom. The van der Waals surface area contributed by atoms with Gasteiger partial charge in [-0.2, -0.15) is 0 Å². The molecule has 0 fully saturated rings. The second-order valence-electron chi connectivity index (χ2n) is 4.73. The Labute approximate surface area is 110 Å². The summed E-state index contributed by atoms with van der Waals surface area (Å²) in [6, 6.07) is 11.7. The Bertz CT molecular complexity index is 649. The lowest BCUT2D eigenvalue weighted by Gasteiger charge is -2.26. The second kappa shape index (κ2) is 4.50. The van der Waals surface area contributed by atoms with Gasteiger partial charge >= 0.3 is 0 Å². The molecular weight excluding hydrogens is 243 g/mol. The van der Waals surface area contributed by atoms with Crippen molar-refractivity contribution in [1.82, 2.24) is 0 Å². The van der Waals surface area contributed by atoms with E-state index in [2.05, 4.69) is 0 Å². The lowest BCUT2D eigenvalue weighted by Crippen LogP contribution is -2.21. The van der Waals surface area contributed by atoms with Crippen molar-refractivity contribution in [3.63, 3.8) is 0 Å². The van der Waals surface area contributed by atoms with Crippen LogP contribution in [-0.4, -0.2) is 5.78 Å². The van der Waals surface area contributed by atoms with Crippen molar-refractivity contribution in [2.24, 2.45) is 0 Å². The van der Waals surface area contributed by atoms with Gasteiger partial charge in [0.1, 0.15) is 17.7 Å². The third-order valence-corrected chi connectivity index (χ3v) is 3.42. The van der Waals surface area contributed by atoms with Gasteiger partial charge in [-0.25, -0.2) is 4.39 Å². The molecule has 2 nitrogen and oxygen atoms in total. The molecule has 96 valence electrons. The maximum Gasteiger partial charge on any atom is 0.170 e. The van der Waals surface area contributed by atoms with E-state index in [0.29, 0.717) is 11.3 Å². The molecule has 0 spiro atoms. The zero-order valence-corrected chi connectivity index (χ0v) is 10.5. The first-order valence-corrected chi connectivity index (χ1v) is 6.20. The van der Waals surface area contributed by atoms with E-state index in [1.165, 1.54) is 12.1 Å². The number of carbonyl (C=O) groups is 1. The number of para-hydroxylation sites is 1. The van der Waals surface area contributed by atoms with Crippen LogP contribution in [0.2, 0.25) is 0 Å². The lowest BCUT2D eigenvalue weighted by atomic mass is 9.94. The zero-order chi connectivity index (χ0) is 13.4. The van der Waals surface area contributed by atoms with Gasteiger partial charge in [-0.1, -0.05) is 18.2 Å². The Hall–Kier alpha value is -2.16. The molecule has 0 amide bonds. The summed E-state index contributed by atoms with van der Waals surface area (Å²) in [7, 11) is 0. The van der Waals surface area contributed by atoms with E-state index in [0.717, 1.165) is 11.1 Å². The van der Waals surface area contributed by atoms with Crippen LogP contribution in [0.15, 0.2) is 42.5 Å². The summed E-state index contributed by atoms with van der Waals surface area (Å²) >= 11 is 0. The van der Waals surface area contributed by atoms with Crippen molar-refractivity contribution in [2.45, 2.75) is 19.4 Å². The number of ether oxygens (including phenoxy) is 1. The summed E-state index contributed by atoms with van der Waals surface area (Å²) < 4.78 is 19.2. The molecule has 19 heavy (non-hydrogen) atoms. The first-order chi connectivity index (χ1) is 9.15. The minimum Gasteiger partial charge on any atom is -0.484 e. The zero-order valence-electron chi connectivity index (χ0n) is 10.5. The fourth-order valence-corrected chi connectivity index (χ4v) is 2.40. The van der Waals surface area contributed by atoms with Crippen LogP contribution in [0.1, 0.15) is 34.0 Å². The van der Waals surface area contributed by atoms with Crippen molar-refractivity contribution in [1.29, 1.82) is 0 Å². The highest BCUT2D eigenvalue weighted by molar-refractivity contribution is 5.99. The first kappa shape index (κ1) is 11.9. The van der Waals surface area contributed by atoms with Crippen molar-refractivity contribution in [3.05, 3.63) is 65.0 Å². The smallest absolute Gasteiger partial charge is 0.170 e. The highest BCUT2D eigenvalue weighted by Crippen LogP contribution is 2.35. The van der Waals surface area contributed by atoms with Gasteiger partial charge in [-0.15, -0.1) is 0 Å². The fourth-order valence-electron chi connectivity index (χ4n) is 2.40. The monoisotopic (exact) mass is 256 g/mol. The molecule has 0 bridgehead atoms. The van der Waals surface area contributed by atoms with Crippen LogP contribution >= 0.6 is 0 Å². The predicted molar refractivity (Wildman–Crippen MR) is 69.9 cm³/mol. The van der Waals surface area contributed by atoms with Gasteiger partial charge in [0.05, 0.1) is 12.0 Å². The van der Waals surface area contributed by atoms with Gasteiger partial charge in [-0.3, -0.25) is 4.79 Å². The van der Waals surface area contributed by atoms with E-state index in [4.69, 9.17) is 4.74 Å². The van der Waals surface area contributed by atoms with Crippen LogP contribution in [0.4, 0.5) is 4.39 Å². The highest BCUT2D eigenvalue weighted by Gasteiger charge is 2.28. The average Bonchev–Trinajstić information content (AvgIpc) is 2.41. The predicted octanol–water partition coefficient (Wildman–Crippen LogP) is 3.84. The first-order valence-electron chi connectivity index (χ1n) is 6.20. The van der Waals surface area contributed by atoms with E-state index in [1.54, 1.807) is 18.2 Å². The number of Topliss-reactive ketones (excluding diaryl/α,β-unsaturated/α-hetero) is 1. The number of hydrogen-bond acceptors (Lipinski definition) is 2. The molecule has 2 aromatic carbocycles. The molecule has 0 radical (unpaired) electrons. The van der Waals surface area contributed by atoms with Gasteiger partial charge < -0.3 is 4.74 Å². The number of benzene rings is 2. The third kappa shape index (κ3) is 2.12. The van der Waals surface area contributed by atoms with E-state index in [9.17, 15) is 9.18 Å². The quantitative estimate of drug-likeness (QED) is 0.774. The molecule has 1 unspecified atom stereocenters. The number of aryl methyl sites for hydroxylation is 1. The van der Waals surface area contributed by atoms with Crippen molar-refractivity contribution in [2.75, 3.05) is 0 Å². The normalized spacial score (nSPS) is 17.8. The van der Waals surface area contributed by atoms with Crippen LogP contribution in [0.3, 0.4) is 0 Å². The number of halogens is 1. The van der Waals surface area contributed by atoms with Crippen LogP contribution in [-0.2, 0) is 0 Å². The summed E-state index contributed by atoms with van der Waals surface area (Å²) in [5.41, 5.74) is 2.27. The highest BCUT2D eigenvalue weighted by atomic mass is 19.1. The molecule has 1 aliphatic rings. The minimum atomic E-state index is -0.405. The molecule has 1 atom stereocenters. The van der Waals surface area contributed by atoms with E-state index in [1.807, 2.05) is 19.1 Å². The summed E-state index contributed by atoms with van der Waals surface area (Å²) in [5.74, 6) is 0.304. The Balaban J connectivity index is 2.01. The number of rotatable bonds is 1. The van der Waals surface area contributed by atoms with Crippen LogP contribution in [0.25, 0.3) is 0 Å². The molecule has 0 N–H and O–H groups in total. The van der Waals surface area contributed by atoms with E-state index < -0.39 is 6.10 Å². The molecule has 0 aliphatic carbocycles. The molecule has 0 aromatic heterocycles. The van der Waals surface area contributed by atoms with Gasteiger partial charge in [-0.05, 0) is 42.3 Å². The summed E-state index contributed by atoms with van der Waals surface area (Å²) in [6.45, 7) is 1.89. The lowest BCUT2D eigenvalue weighted by molar-refractivity contribution is 0.0849. The summed E-state index contributed by atoms with van der Waals surface area (Å²) in [6.07, 6.45) is -0.153. The Morgan fingerprint density at radius 1 is 1.21 bits per heavy atom. The second-order valence-corrected chi connectivity index (χ2v) is 4.73. The molecule has 1 heterocycles. The maximum absolute atomic E-state index is 13.4. The minimum absolute atomic E-state index is 0.0375. The van der Waals surface area contributed by atoms with Gasteiger partial charge in [0, 0.05) is 0 Å². The molecule has 3 rings (SSSR count). The Morgan fingerprint density at radius 3 is 2.84 bits per heavy atom. The molecule has 1 aliphatic heterocycles. The average molecular weight is 256 g/mol. The summed E-state index contributed by atoms with van der Waals surface area (Å²) in [4.78, 5) is 12.1. The number of fused-ring (bicyclic) bond motifs is 1. The number of carbonyl (C=O) groups excluding carboxylic acids is 1. The number of hydrogen-bond donors (Lipinski definition) is 0. The molecular formula is C16H13FO2. The topological polar surface area (TPSA) is 26.3 Å². The SMILES string of the molecule is Cc1ccc(F)cc1C1CC(=O)c2ccccc2O1. The van der Waals surface area contributed by atoms with E-state index >= 15 is 0 Å². The third-order valence-electron chi connectivity index (χ3n) is 3.42. The van der Waals surface area contributed by atoms with E-state index in [-0.39, 0.29) is 18.0 Å². The summed E-state index contributed by atoms with van der Waals surface area (Å²) in [5, 5.41) is 0. The molecule has 2 aromatic rings. The van der Waals surface area contributed by atoms with Gasteiger partial charge in [0.2, 0.25) is 0 Å². The molecule has 0 saturated heterocycles. The fraction of sp³-hybridized carbons (Fsp3) is 0.188.